The largest absolute Gasteiger partial charge is 0.0985 e. The molecule has 0 fully saturated rings. The number of hydrogen-bond acceptors (Lipinski definition) is 0. The second kappa shape index (κ2) is 7.28. The summed E-state index contributed by atoms with van der Waals surface area (Å²) in [6, 6.07) is 8.64. The zero-order valence-electron chi connectivity index (χ0n) is 10.7. The number of rotatable bonds is 3. The molecule has 0 saturated heterocycles. The SMILES string of the molecule is C=Cc1ccc(C(C)C(C)C)cc1.CC.[HH]. The second-order valence-electron chi connectivity index (χ2n) is 3.90. The smallest absolute Gasteiger partial charge is 0 e. The third kappa shape index (κ3) is 4.33. The average Bonchev–Trinajstić information content (AvgIpc) is 2.31. The van der Waals surface area contributed by atoms with Crippen molar-refractivity contribution in [3.05, 3.63) is 42.0 Å². The molecule has 0 radical (unpaired) electrons. The monoisotopic (exact) mass is 206 g/mol. The molecule has 0 nitrogen and oxygen atoms in total. The van der Waals surface area contributed by atoms with Crippen LogP contribution in [0.15, 0.2) is 30.8 Å². The molecular formula is C15H26. The maximum absolute atomic E-state index is 3.74. The second-order valence-corrected chi connectivity index (χ2v) is 3.90. The van der Waals surface area contributed by atoms with E-state index in [1.807, 2.05) is 19.9 Å². The topological polar surface area (TPSA) is 0 Å². The number of hydrogen-bond donors (Lipinski definition) is 0. The summed E-state index contributed by atoms with van der Waals surface area (Å²) in [6.45, 7) is 14.5. The van der Waals surface area contributed by atoms with Gasteiger partial charge in [0, 0.05) is 1.43 Å². The van der Waals surface area contributed by atoms with Gasteiger partial charge in [0.1, 0.15) is 0 Å². The minimum absolute atomic E-state index is 0. The summed E-state index contributed by atoms with van der Waals surface area (Å²) in [5, 5.41) is 0. The van der Waals surface area contributed by atoms with Crippen LogP contribution in [-0.2, 0) is 0 Å². The molecule has 0 bridgehead atoms. The molecule has 0 N–H and O–H groups in total. The fraction of sp³-hybridized carbons (Fsp3) is 0.467. The van der Waals surface area contributed by atoms with E-state index in [0.717, 1.165) is 0 Å². The van der Waals surface area contributed by atoms with E-state index in [4.69, 9.17) is 0 Å². The van der Waals surface area contributed by atoms with Crippen molar-refractivity contribution >= 4 is 6.08 Å². The highest BCUT2D eigenvalue weighted by atomic mass is 14.1. The van der Waals surface area contributed by atoms with Gasteiger partial charge in [-0.25, -0.2) is 0 Å². The summed E-state index contributed by atoms with van der Waals surface area (Å²) in [5.74, 6) is 1.34. The first-order valence-corrected chi connectivity index (χ1v) is 5.87. The Hall–Kier alpha value is -1.04. The molecule has 0 amide bonds. The van der Waals surface area contributed by atoms with Crippen LogP contribution in [0.2, 0.25) is 0 Å². The van der Waals surface area contributed by atoms with Gasteiger partial charge in [-0.2, -0.15) is 0 Å². The van der Waals surface area contributed by atoms with Gasteiger partial charge in [-0.3, -0.25) is 0 Å². The maximum atomic E-state index is 3.74. The summed E-state index contributed by atoms with van der Waals surface area (Å²) in [5.41, 5.74) is 2.61. The molecule has 1 rings (SSSR count). The first kappa shape index (κ1) is 14.0. The average molecular weight is 206 g/mol. The lowest BCUT2D eigenvalue weighted by Crippen LogP contribution is -2.01. The standard InChI is InChI=1S/C13H18.C2H6.H2/c1-5-12-6-8-13(9-7-12)11(4)10(2)3;1-2;/h5-11H,1H2,2-4H3;1-2H3;1H. The fourth-order valence-electron chi connectivity index (χ4n) is 1.32. The molecule has 86 valence electrons. The van der Waals surface area contributed by atoms with E-state index >= 15 is 0 Å². The predicted octanol–water partition coefficient (Wildman–Crippen LogP) is 5.36. The van der Waals surface area contributed by atoms with Crippen molar-refractivity contribution in [3.8, 4) is 0 Å². The van der Waals surface area contributed by atoms with E-state index < -0.39 is 0 Å². The lowest BCUT2D eigenvalue weighted by molar-refractivity contribution is 0.535. The van der Waals surface area contributed by atoms with Gasteiger partial charge < -0.3 is 0 Å². The third-order valence-corrected chi connectivity index (χ3v) is 2.70. The molecule has 1 atom stereocenters. The Morgan fingerprint density at radius 2 is 1.53 bits per heavy atom. The van der Waals surface area contributed by atoms with Crippen LogP contribution in [0, 0.1) is 5.92 Å². The van der Waals surface area contributed by atoms with Gasteiger partial charge in [-0.15, -0.1) is 0 Å². The number of benzene rings is 1. The Morgan fingerprint density at radius 1 is 1.07 bits per heavy atom. The van der Waals surface area contributed by atoms with Crippen molar-refractivity contribution in [2.45, 2.75) is 40.5 Å². The Balaban J connectivity index is 0. The van der Waals surface area contributed by atoms with Crippen molar-refractivity contribution < 1.29 is 1.43 Å². The molecule has 1 aromatic rings. The zero-order valence-corrected chi connectivity index (χ0v) is 10.7. The summed E-state index contributed by atoms with van der Waals surface area (Å²) in [6.07, 6.45) is 1.88. The van der Waals surface area contributed by atoms with Crippen LogP contribution in [0.4, 0.5) is 0 Å². The van der Waals surface area contributed by atoms with Gasteiger partial charge in [0.25, 0.3) is 0 Å². The van der Waals surface area contributed by atoms with Crippen molar-refractivity contribution in [1.82, 2.24) is 0 Å². The lowest BCUT2D eigenvalue weighted by Gasteiger charge is -2.15. The van der Waals surface area contributed by atoms with E-state index in [9.17, 15) is 0 Å². The molecule has 0 spiro atoms. The normalized spacial score (nSPS) is 11.6. The third-order valence-electron chi connectivity index (χ3n) is 2.70. The zero-order chi connectivity index (χ0) is 11.8. The Morgan fingerprint density at radius 3 is 1.87 bits per heavy atom. The van der Waals surface area contributed by atoms with Gasteiger partial charge in [0.2, 0.25) is 0 Å². The quantitative estimate of drug-likeness (QED) is 0.624. The molecule has 0 aliphatic rings. The van der Waals surface area contributed by atoms with E-state index in [1.165, 1.54) is 11.1 Å². The predicted molar refractivity (Wildman–Crippen MR) is 73.2 cm³/mol. The first-order valence-electron chi connectivity index (χ1n) is 5.87. The van der Waals surface area contributed by atoms with Crippen molar-refractivity contribution in [2.75, 3.05) is 0 Å². The molecule has 1 unspecified atom stereocenters. The highest BCUT2D eigenvalue weighted by Gasteiger charge is 2.08. The van der Waals surface area contributed by atoms with Crippen molar-refractivity contribution in [1.29, 1.82) is 0 Å². The van der Waals surface area contributed by atoms with E-state index in [1.54, 1.807) is 0 Å². The highest BCUT2D eigenvalue weighted by Crippen LogP contribution is 2.23. The molecule has 0 aliphatic heterocycles. The van der Waals surface area contributed by atoms with Crippen molar-refractivity contribution in [2.24, 2.45) is 5.92 Å². The van der Waals surface area contributed by atoms with Crippen LogP contribution in [0.1, 0.15) is 53.1 Å². The van der Waals surface area contributed by atoms with E-state index in [-0.39, 0.29) is 1.43 Å². The Bertz CT molecular complexity index is 272. The van der Waals surface area contributed by atoms with Crippen LogP contribution in [0.5, 0.6) is 0 Å². The van der Waals surface area contributed by atoms with Crippen LogP contribution >= 0.6 is 0 Å². The summed E-state index contributed by atoms with van der Waals surface area (Å²) in [4.78, 5) is 0. The molecule has 0 aliphatic carbocycles. The van der Waals surface area contributed by atoms with Gasteiger partial charge in [-0.1, -0.05) is 71.5 Å². The van der Waals surface area contributed by atoms with Gasteiger partial charge in [-0.05, 0) is 23.0 Å². The van der Waals surface area contributed by atoms with Crippen LogP contribution in [0.25, 0.3) is 6.08 Å². The fourth-order valence-corrected chi connectivity index (χ4v) is 1.32. The van der Waals surface area contributed by atoms with Crippen LogP contribution in [0.3, 0.4) is 0 Å². The Kier molecular flexibility index (Phi) is 6.77. The van der Waals surface area contributed by atoms with Gasteiger partial charge in [0.15, 0.2) is 0 Å². The summed E-state index contributed by atoms with van der Waals surface area (Å²) < 4.78 is 0. The minimum atomic E-state index is 0. The Labute approximate surface area is 96.5 Å². The van der Waals surface area contributed by atoms with Gasteiger partial charge in [0.05, 0.1) is 0 Å². The van der Waals surface area contributed by atoms with Crippen LogP contribution < -0.4 is 0 Å². The minimum Gasteiger partial charge on any atom is -0.0985 e. The first-order chi connectivity index (χ1) is 7.15. The molecule has 0 heterocycles. The van der Waals surface area contributed by atoms with Gasteiger partial charge >= 0.3 is 0 Å². The van der Waals surface area contributed by atoms with Crippen LogP contribution in [-0.4, -0.2) is 0 Å². The molecule has 15 heavy (non-hydrogen) atoms. The van der Waals surface area contributed by atoms with E-state index in [2.05, 4.69) is 51.6 Å². The van der Waals surface area contributed by atoms with E-state index in [0.29, 0.717) is 11.8 Å². The lowest BCUT2D eigenvalue weighted by atomic mass is 9.90. The molecule has 0 aromatic heterocycles. The summed E-state index contributed by atoms with van der Waals surface area (Å²) >= 11 is 0. The maximum Gasteiger partial charge on any atom is 0 e. The van der Waals surface area contributed by atoms with Crippen molar-refractivity contribution in [3.63, 3.8) is 0 Å². The molecular weight excluding hydrogens is 180 g/mol. The highest BCUT2D eigenvalue weighted by molar-refractivity contribution is 5.47. The molecule has 0 saturated carbocycles. The summed E-state index contributed by atoms with van der Waals surface area (Å²) in [7, 11) is 0. The molecule has 1 aromatic carbocycles. The molecule has 0 heteroatoms.